The monoisotopic (exact) mass is 393 g/mol. The van der Waals surface area contributed by atoms with Crippen LogP contribution in [0.2, 0.25) is 0 Å². The Hall–Kier alpha value is -2.15. The number of hydrogen-bond donors (Lipinski definition) is 2. The molecule has 7 heteroatoms. The highest BCUT2D eigenvalue weighted by Gasteiger charge is 2.13. The molecule has 2 N–H and O–H groups in total. The predicted molar refractivity (Wildman–Crippen MR) is 98.6 cm³/mol. The smallest absolute Gasteiger partial charge is 0.335 e. The highest BCUT2D eigenvalue weighted by Crippen LogP contribution is 2.18. The van der Waals surface area contributed by atoms with E-state index in [4.69, 9.17) is 0 Å². The maximum Gasteiger partial charge on any atom is 0.335 e. The normalized spacial score (nSPS) is 11.2. The van der Waals surface area contributed by atoms with Gasteiger partial charge in [-0.2, -0.15) is 0 Å². The first kappa shape index (κ1) is 18.2. The minimum atomic E-state index is -0.695. The third-order valence-corrected chi connectivity index (χ3v) is 4.10. The average Bonchev–Trinajstić information content (AvgIpc) is 2.55. The van der Waals surface area contributed by atoms with E-state index < -0.39 is 17.1 Å². The molecule has 24 heavy (non-hydrogen) atoms. The van der Waals surface area contributed by atoms with Crippen molar-refractivity contribution < 1.29 is 5.11 Å². The number of hydrogen-bond acceptors (Lipinski definition) is 4. The van der Waals surface area contributed by atoms with Crippen molar-refractivity contribution in [1.29, 1.82) is 0 Å². The number of halogens is 1. The number of benzene rings is 1. The summed E-state index contributed by atoms with van der Waals surface area (Å²) in [6.45, 7) is 2.71. The average molecular weight is 394 g/mol. The zero-order valence-electron chi connectivity index (χ0n) is 13.5. The third kappa shape index (κ3) is 4.44. The zero-order valence-corrected chi connectivity index (χ0v) is 15.0. The number of H-pyrrole nitrogens is 1. The first-order valence-electron chi connectivity index (χ1n) is 7.88. The second-order valence-corrected chi connectivity index (χ2v) is 6.32. The van der Waals surface area contributed by atoms with Crippen molar-refractivity contribution in [3.63, 3.8) is 0 Å². The molecule has 0 bridgehead atoms. The van der Waals surface area contributed by atoms with E-state index in [0.717, 1.165) is 34.7 Å². The second kappa shape index (κ2) is 8.63. The molecule has 0 aliphatic carbocycles. The third-order valence-electron chi connectivity index (χ3n) is 3.57. The molecule has 0 saturated carbocycles. The van der Waals surface area contributed by atoms with Crippen LogP contribution in [0.4, 0.5) is 0 Å². The fourth-order valence-electron chi connectivity index (χ4n) is 2.27. The summed E-state index contributed by atoms with van der Waals surface area (Å²) in [5.74, 6) is -0.414. The van der Waals surface area contributed by atoms with Crippen LogP contribution in [0.25, 0.3) is 5.69 Å². The number of aromatic nitrogens is 2. The van der Waals surface area contributed by atoms with Crippen molar-refractivity contribution in [2.24, 2.45) is 4.99 Å². The van der Waals surface area contributed by atoms with E-state index in [1.165, 1.54) is 6.21 Å². The van der Waals surface area contributed by atoms with E-state index in [1.54, 1.807) is 24.3 Å². The molecule has 128 valence electrons. The van der Waals surface area contributed by atoms with Gasteiger partial charge in [-0.15, -0.1) is 0 Å². The van der Waals surface area contributed by atoms with E-state index in [-0.39, 0.29) is 5.56 Å². The van der Waals surface area contributed by atoms with Crippen LogP contribution < -0.4 is 11.2 Å². The van der Waals surface area contributed by atoms with Crippen molar-refractivity contribution >= 4 is 22.1 Å². The molecule has 6 nitrogen and oxygen atoms in total. The lowest BCUT2D eigenvalue weighted by atomic mass is 10.2. The van der Waals surface area contributed by atoms with Gasteiger partial charge in [-0.05, 0) is 30.7 Å². The van der Waals surface area contributed by atoms with E-state index in [1.807, 2.05) is 0 Å². The van der Waals surface area contributed by atoms with Gasteiger partial charge >= 0.3 is 5.69 Å². The summed E-state index contributed by atoms with van der Waals surface area (Å²) >= 11 is 3.31. The van der Waals surface area contributed by atoms with Crippen molar-refractivity contribution in [1.82, 2.24) is 9.55 Å². The van der Waals surface area contributed by atoms with E-state index in [0.29, 0.717) is 12.2 Å². The Morgan fingerprint density at radius 1 is 1.21 bits per heavy atom. The van der Waals surface area contributed by atoms with Gasteiger partial charge in [-0.3, -0.25) is 14.8 Å². The standard InChI is InChI=1S/C17H20BrN3O3/c1-2-3-4-5-10-19-11-14-15(22)20-17(24)21(16(14)23)13-8-6-12(18)7-9-13/h6-9,11,23H,2-5,10H2,1H3,(H,20,22,24). The maximum atomic E-state index is 12.0. The van der Waals surface area contributed by atoms with E-state index >= 15 is 0 Å². The lowest BCUT2D eigenvalue weighted by Crippen LogP contribution is -2.31. The Morgan fingerprint density at radius 2 is 1.92 bits per heavy atom. The molecule has 1 aromatic heterocycles. The van der Waals surface area contributed by atoms with Crippen LogP contribution in [0.15, 0.2) is 43.3 Å². The SMILES string of the molecule is CCCCCCN=Cc1c(O)n(-c2ccc(Br)cc2)c(=O)[nH]c1=O. The number of nitrogens with zero attached hydrogens (tertiary/aromatic N) is 2. The first-order chi connectivity index (χ1) is 11.5. The Kier molecular flexibility index (Phi) is 6.54. The second-order valence-electron chi connectivity index (χ2n) is 5.40. The number of rotatable bonds is 7. The van der Waals surface area contributed by atoms with E-state index in [2.05, 4.69) is 32.8 Å². The molecule has 1 heterocycles. The van der Waals surface area contributed by atoms with Crippen LogP contribution >= 0.6 is 15.9 Å². The van der Waals surface area contributed by atoms with Crippen molar-refractivity contribution in [2.45, 2.75) is 32.6 Å². The number of unbranched alkanes of at least 4 members (excludes halogenated alkanes) is 3. The summed E-state index contributed by atoms with van der Waals surface area (Å²) in [7, 11) is 0. The summed E-state index contributed by atoms with van der Waals surface area (Å²) in [6.07, 6.45) is 5.62. The number of aromatic amines is 1. The van der Waals surface area contributed by atoms with Crippen LogP contribution in [0.1, 0.15) is 38.2 Å². The lowest BCUT2D eigenvalue weighted by molar-refractivity contribution is 0.430. The van der Waals surface area contributed by atoms with Crippen molar-refractivity contribution in [2.75, 3.05) is 6.54 Å². The Balaban J connectivity index is 2.31. The fourth-order valence-corrected chi connectivity index (χ4v) is 2.53. The molecule has 0 atom stereocenters. The van der Waals surface area contributed by atoms with Crippen LogP contribution in [0.5, 0.6) is 5.88 Å². The molecule has 0 saturated heterocycles. The van der Waals surface area contributed by atoms with Crippen LogP contribution in [0, 0.1) is 0 Å². The van der Waals surface area contributed by atoms with Gasteiger partial charge in [0.15, 0.2) is 0 Å². The van der Waals surface area contributed by atoms with Crippen LogP contribution in [0.3, 0.4) is 0 Å². The van der Waals surface area contributed by atoms with Gasteiger partial charge in [-0.25, -0.2) is 9.36 Å². The molecule has 0 aliphatic heterocycles. The Bertz CT molecular complexity index is 822. The number of nitrogens with one attached hydrogen (secondary N) is 1. The van der Waals surface area contributed by atoms with Gasteiger partial charge in [0, 0.05) is 17.2 Å². The number of aliphatic imine (C=N–C) groups is 1. The zero-order chi connectivity index (χ0) is 17.5. The lowest BCUT2D eigenvalue weighted by Gasteiger charge is -2.09. The maximum absolute atomic E-state index is 12.0. The highest BCUT2D eigenvalue weighted by atomic mass is 79.9. The predicted octanol–water partition coefficient (Wildman–Crippen LogP) is 2.99. The molecule has 0 unspecified atom stereocenters. The molecule has 0 radical (unpaired) electrons. The summed E-state index contributed by atoms with van der Waals surface area (Å²) in [6, 6.07) is 6.81. The summed E-state index contributed by atoms with van der Waals surface area (Å²) in [5, 5.41) is 10.4. The van der Waals surface area contributed by atoms with E-state index in [9.17, 15) is 14.7 Å². The van der Waals surface area contributed by atoms with Crippen LogP contribution in [-0.4, -0.2) is 27.4 Å². The minimum Gasteiger partial charge on any atom is -0.493 e. The number of aromatic hydroxyl groups is 1. The van der Waals surface area contributed by atoms with Gasteiger partial charge in [-0.1, -0.05) is 42.1 Å². The van der Waals surface area contributed by atoms with Gasteiger partial charge < -0.3 is 5.11 Å². The molecule has 0 amide bonds. The minimum absolute atomic E-state index is 0.0204. The molecular weight excluding hydrogens is 374 g/mol. The highest BCUT2D eigenvalue weighted by molar-refractivity contribution is 9.10. The molecule has 2 rings (SSSR count). The largest absolute Gasteiger partial charge is 0.493 e. The van der Waals surface area contributed by atoms with Crippen molar-refractivity contribution in [3.8, 4) is 11.6 Å². The molecule has 1 aromatic carbocycles. The fraction of sp³-hybridized carbons (Fsp3) is 0.353. The first-order valence-corrected chi connectivity index (χ1v) is 8.68. The quantitative estimate of drug-likeness (QED) is 0.559. The topological polar surface area (TPSA) is 87.4 Å². The Labute approximate surface area is 148 Å². The van der Waals surface area contributed by atoms with Gasteiger partial charge in [0.25, 0.3) is 5.56 Å². The van der Waals surface area contributed by atoms with Gasteiger partial charge in [0.1, 0.15) is 5.56 Å². The Morgan fingerprint density at radius 3 is 2.58 bits per heavy atom. The summed E-state index contributed by atoms with van der Waals surface area (Å²) < 4.78 is 1.89. The molecule has 0 aliphatic rings. The van der Waals surface area contributed by atoms with Crippen molar-refractivity contribution in [3.05, 3.63) is 55.1 Å². The van der Waals surface area contributed by atoms with Gasteiger partial charge in [0.05, 0.1) is 5.69 Å². The summed E-state index contributed by atoms with van der Waals surface area (Å²) in [5.41, 5.74) is -0.911. The molecule has 0 fully saturated rings. The molecular formula is C17H20BrN3O3. The summed E-state index contributed by atoms with van der Waals surface area (Å²) in [4.78, 5) is 30.4. The molecule has 2 aromatic rings. The van der Waals surface area contributed by atoms with Crippen LogP contribution in [-0.2, 0) is 0 Å². The van der Waals surface area contributed by atoms with Gasteiger partial charge in [0.2, 0.25) is 5.88 Å². The molecule has 0 spiro atoms.